The third kappa shape index (κ3) is 7.60. The maximum Gasteiger partial charge on any atom is 0.416 e. The predicted octanol–water partition coefficient (Wildman–Crippen LogP) is 5.65. The van der Waals surface area contributed by atoms with Crippen molar-refractivity contribution in [1.82, 2.24) is 10.6 Å². The fraction of sp³-hybridized carbons (Fsp3) is 0.500. The number of sulfone groups is 1. The van der Waals surface area contributed by atoms with E-state index in [1.165, 1.54) is 6.26 Å². The molecule has 1 aliphatic carbocycles. The average molecular weight is 641 g/mol. The third-order valence-corrected chi connectivity index (χ3v) is 10.3. The molecule has 5 rings (SSSR count). The van der Waals surface area contributed by atoms with Gasteiger partial charge in [0, 0.05) is 36.4 Å². The molecule has 1 fully saturated rings. The molecule has 1 saturated carbocycles. The minimum absolute atomic E-state index is 0.0453. The average Bonchev–Trinajstić information content (AvgIpc) is 3.27. The first-order valence-electron chi connectivity index (χ1n) is 15.5. The summed E-state index contributed by atoms with van der Waals surface area (Å²) in [5.41, 5.74) is 4.23. The van der Waals surface area contributed by atoms with E-state index in [0.717, 1.165) is 60.2 Å². The van der Waals surface area contributed by atoms with Crippen molar-refractivity contribution < 1.29 is 26.4 Å². The maximum atomic E-state index is 14.0. The lowest BCUT2D eigenvalue weighted by atomic mass is 9.79. The van der Waals surface area contributed by atoms with Crippen LogP contribution < -0.4 is 10.6 Å². The number of carbonyl (C=O) groups excluding carboxylic acids is 1. The van der Waals surface area contributed by atoms with Crippen LogP contribution in [0.3, 0.4) is 0 Å². The number of aliphatic imine (C=N–C) groups is 1. The lowest BCUT2D eigenvalue weighted by Gasteiger charge is -2.37. The van der Waals surface area contributed by atoms with Gasteiger partial charge in [0.25, 0.3) is 5.91 Å². The summed E-state index contributed by atoms with van der Waals surface area (Å²) in [6.45, 7) is 2.67. The molecule has 0 saturated heterocycles. The molecule has 11 heteroatoms. The number of hydrogen-bond donors (Lipinski definition) is 2. The number of alkyl halides is 3. The van der Waals surface area contributed by atoms with Crippen LogP contribution in [0.15, 0.2) is 58.7 Å². The van der Waals surface area contributed by atoms with Gasteiger partial charge >= 0.3 is 6.18 Å². The van der Waals surface area contributed by atoms with Crippen LogP contribution in [0.25, 0.3) is 0 Å². The van der Waals surface area contributed by atoms with E-state index in [1.807, 2.05) is 19.1 Å². The first kappa shape index (κ1) is 32.7. The lowest BCUT2D eigenvalue weighted by molar-refractivity contribution is -0.137. The second-order valence-corrected chi connectivity index (χ2v) is 14.9. The van der Waals surface area contributed by atoms with Crippen molar-refractivity contribution in [1.29, 1.82) is 5.26 Å². The number of nitriles is 1. The SMILES string of the molecule is CCc1cc(C#N)ccc1C1CCNC2=C(C(=O)NC3(CCC(CCc4ccc(C(F)(F)F)cc4)C3)C2)C1=NCCS(C)(=O)=O. The van der Waals surface area contributed by atoms with Crippen molar-refractivity contribution in [3.63, 3.8) is 0 Å². The molecule has 3 atom stereocenters. The Balaban J connectivity index is 1.39. The number of carbonyl (C=O) groups is 1. The van der Waals surface area contributed by atoms with Gasteiger partial charge in [-0.3, -0.25) is 9.79 Å². The van der Waals surface area contributed by atoms with Crippen LogP contribution in [0.4, 0.5) is 13.2 Å². The zero-order chi connectivity index (χ0) is 32.4. The highest BCUT2D eigenvalue weighted by molar-refractivity contribution is 7.90. The quantitative estimate of drug-likeness (QED) is 0.388. The topological polar surface area (TPSA) is 111 Å². The van der Waals surface area contributed by atoms with Gasteiger partial charge in [0.15, 0.2) is 0 Å². The van der Waals surface area contributed by atoms with Crippen LogP contribution in [-0.4, -0.2) is 50.7 Å². The molecule has 1 spiro atoms. The molecule has 2 aromatic carbocycles. The Kier molecular flexibility index (Phi) is 9.45. The van der Waals surface area contributed by atoms with Gasteiger partial charge in [-0.15, -0.1) is 0 Å². The van der Waals surface area contributed by atoms with Crippen LogP contribution >= 0.6 is 0 Å². The van der Waals surface area contributed by atoms with Gasteiger partial charge in [-0.05, 0) is 91.8 Å². The molecule has 2 aliphatic heterocycles. The summed E-state index contributed by atoms with van der Waals surface area (Å²) in [6.07, 6.45) is 2.75. The Morgan fingerprint density at radius 2 is 1.89 bits per heavy atom. The Morgan fingerprint density at radius 3 is 2.56 bits per heavy atom. The molecule has 1 amide bonds. The van der Waals surface area contributed by atoms with E-state index in [2.05, 4.69) is 16.7 Å². The molecule has 0 aromatic heterocycles. The Morgan fingerprint density at radius 1 is 1.13 bits per heavy atom. The fourth-order valence-corrected chi connectivity index (χ4v) is 7.57. The summed E-state index contributed by atoms with van der Waals surface area (Å²) in [6, 6.07) is 13.1. The highest BCUT2D eigenvalue weighted by atomic mass is 32.2. The second-order valence-electron chi connectivity index (χ2n) is 12.7. The van der Waals surface area contributed by atoms with Gasteiger partial charge in [0.05, 0.1) is 40.8 Å². The highest BCUT2D eigenvalue weighted by Gasteiger charge is 2.47. The fourth-order valence-electron chi connectivity index (χ4n) is 7.15. The number of aryl methyl sites for hydroxylation is 2. The van der Waals surface area contributed by atoms with Crippen LogP contribution in [0.1, 0.15) is 79.2 Å². The van der Waals surface area contributed by atoms with Crippen LogP contribution in [0.2, 0.25) is 0 Å². The van der Waals surface area contributed by atoms with Gasteiger partial charge < -0.3 is 10.6 Å². The number of amides is 1. The van der Waals surface area contributed by atoms with Crippen molar-refractivity contribution in [3.05, 3.63) is 81.6 Å². The molecule has 0 bridgehead atoms. The summed E-state index contributed by atoms with van der Waals surface area (Å²) < 4.78 is 62.8. The zero-order valence-electron chi connectivity index (χ0n) is 25.6. The van der Waals surface area contributed by atoms with Crippen molar-refractivity contribution in [3.8, 4) is 6.07 Å². The summed E-state index contributed by atoms with van der Waals surface area (Å²) in [5.74, 6) is -0.266. The van der Waals surface area contributed by atoms with E-state index >= 15 is 0 Å². The highest BCUT2D eigenvalue weighted by Crippen LogP contribution is 2.44. The van der Waals surface area contributed by atoms with Crippen molar-refractivity contribution in [2.45, 2.75) is 75.9 Å². The second kappa shape index (κ2) is 13.0. The summed E-state index contributed by atoms with van der Waals surface area (Å²) >= 11 is 0. The maximum absolute atomic E-state index is 14.0. The van der Waals surface area contributed by atoms with Crippen molar-refractivity contribution in [2.75, 3.05) is 25.1 Å². The minimum Gasteiger partial charge on any atom is -0.388 e. The van der Waals surface area contributed by atoms with E-state index in [1.54, 1.807) is 18.2 Å². The summed E-state index contributed by atoms with van der Waals surface area (Å²) in [7, 11) is -3.26. The molecule has 45 heavy (non-hydrogen) atoms. The summed E-state index contributed by atoms with van der Waals surface area (Å²) in [5, 5.41) is 16.3. The molecule has 2 heterocycles. The van der Waals surface area contributed by atoms with Crippen molar-refractivity contribution >= 4 is 21.5 Å². The number of rotatable bonds is 8. The van der Waals surface area contributed by atoms with Crippen molar-refractivity contribution in [2.24, 2.45) is 10.9 Å². The number of hydrogen-bond acceptors (Lipinski definition) is 6. The number of halogens is 3. The number of benzene rings is 2. The van der Waals surface area contributed by atoms with Gasteiger partial charge in [-0.1, -0.05) is 25.1 Å². The first-order chi connectivity index (χ1) is 21.3. The molecule has 3 aliphatic rings. The van der Waals surface area contributed by atoms with Gasteiger partial charge in [0.2, 0.25) is 0 Å². The largest absolute Gasteiger partial charge is 0.416 e. The first-order valence-corrected chi connectivity index (χ1v) is 17.6. The van der Waals surface area contributed by atoms with E-state index in [9.17, 15) is 31.6 Å². The molecular formula is C34H39F3N4O3S. The Bertz CT molecular complexity index is 1660. The minimum atomic E-state index is -4.35. The van der Waals surface area contributed by atoms with Crippen LogP contribution in [0, 0.1) is 17.2 Å². The van der Waals surface area contributed by atoms with Gasteiger partial charge in [0.1, 0.15) is 9.84 Å². The molecule has 240 valence electrons. The standard InChI is InChI=1S/C34H39F3N4O3S/c1-3-25-18-24(21-38)8-11-27(25)28-13-15-39-29-20-33(41-32(42)30(29)31(28)40-16-17-45(2,43)44)14-12-23(19-33)5-4-22-6-9-26(10-7-22)34(35,36)37/h6-11,18,23,28,39H,3-5,12-17,19-20H2,1-2H3,(H,41,42). The predicted molar refractivity (Wildman–Crippen MR) is 168 cm³/mol. The van der Waals surface area contributed by atoms with E-state index < -0.39 is 27.1 Å². The van der Waals surface area contributed by atoms with E-state index in [-0.39, 0.29) is 24.1 Å². The van der Waals surface area contributed by atoms with E-state index in [4.69, 9.17) is 4.99 Å². The Hall–Kier alpha value is -3.65. The normalized spacial score (nSPS) is 24.6. The lowest BCUT2D eigenvalue weighted by Crippen LogP contribution is -2.53. The molecule has 7 nitrogen and oxygen atoms in total. The smallest absolute Gasteiger partial charge is 0.388 e. The van der Waals surface area contributed by atoms with E-state index in [0.29, 0.717) is 55.0 Å². The zero-order valence-corrected chi connectivity index (χ0v) is 26.5. The van der Waals surface area contributed by atoms with Crippen LogP contribution in [-0.2, 0) is 33.6 Å². The number of nitrogens with zero attached hydrogens (tertiary/aromatic N) is 2. The summed E-state index contributed by atoms with van der Waals surface area (Å²) in [4.78, 5) is 18.8. The molecule has 2 N–H and O–H groups in total. The third-order valence-electron chi connectivity index (χ3n) is 9.39. The molecule has 0 radical (unpaired) electrons. The number of nitrogens with one attached hydrogen (secondary N) is 2. The molecule has 2 aromatic rings. The van der Waals surface area contributed by atoms with Gasteiger partial charge in [-0.25, -0.2) is 8.42 Å². The molecule has 3 unspecified atom stereocenters. The molecular weight excluding hydrogens is 601 g/mol. The Labute approximate surface area is 262 Å². The van der Waals surface area contributed by atoms with Gasteiger partial charge in [-0.2, -0.15) is 18.4 Å². The van der Waals surface area contributed by atoms with Crippen LogP contribution in [0.5, 0.6) is 0 Å². The monoisotopic (exact) mass is 640 g/mol.